The first kappa shape index (κ1) is 12.2. The van der Waals surface area contributed by atoms with Crippen LogP contribution in [0.3, 0.4) is 0 Å². The van der Waals surface area contributed by atoms with Crippen LogP contribution in [0.15, 0.2) is 0 Å². The number of piperidine rings is 1. The van der Waals surface area contributed by atoms with Crippen LogP contribution in [0.1, 0.15) is 39.5 Å². The Morgan fingerprint density at radius 2 is 2.13 bits per heavy atom. The van der Waals surface area contributed by atoms with Crippen molar-refractivity contribution in [1.82, 2.24) is 4.90 Å². The highest BCUT2D eigenvalue weighted by atomic mass is 16.1. The molecule has 4 heteroatoms. The summed E-state index contributed by atoms with van der Waals surface area (Å²) in [5.41, 5.74) is 5.29. The van der Waals surface area contributed by atoms with Crippen molar-refractivity contribution in [2.45, 2.75) is 51.6 Å². The van der Waals surface area contributed by atoms with Crippen LogP contribution in [0.5, 0.6) is 0 Å². The van der Waals surface area contributed by atoms with E-state index in [2.05, 4.69) is 4.90 Å². The van der Waals surface area contributed by atoms with Crippen LogP contribution in [0.25, 0.3) is 0 Å². The third-order valence-electron chi connectivity index (χ3n) is 3.10. The van der Waals surface area contributed by atoms with Crippen LogP contribution < -0.4 is 5.73 Å². The van der Waals surface area contributed by atoms with Crippen LogP contribution in [0.4, 0.5) is 0 Å². The molecule has 1 rings (SSSR count). The van der Waals surface area contributed by atoms with E-state index in [-0.39, 0.29) is 23.8 Å². The first-order chi connectivity index (χ1) is 7.02. The molecule has 1 fully saturated rings. The van der Waals surface area contributed by atoms with Gasteiger partial charge in [-0.1, -0.05) is 6.42 Å². The standard InChI is InChI=1S/C11H20N2O2/c1-8(14)7-10-5-3-4-6-13(10)9(2)11(12)15/h9-10H,3-7H2,1-2H3,(H2,12,15). The number of ketones is 1. The Bertz CT molecular complexity index is 253. The van der Waals surface area contributed by atoms with Crippen LogP contribution in [-0.4, -0.2) is 35.2 Å². The fourth-order valence-corrected chi connectivity index (χ4v) is 2.25. The summed E-state index contributed by atoms with van der Waals surface area (Å²) in [6.45, 7) is 4.30. The summed E-state index contributed by atoms with van der Waals surface area (Å²) < 4.78 is 0. The van der Waals surface area contributed by atoms with Gasteiger partial charge in [-0.2, -0.15) is 0 Å². The minimum absolute atomic E-state index is 0.184. The molecule has 1 heterocycles. The van der Waals surface area contributed by atoms with E-state index < -0.39 is 0 Å². The predicted molar refractivity (Wildman–Crippen MR) is 58.3 cm³/mol. The van der Waals surface area contributed by atoms with Gasteiger partial charge in [-0.25, -0.2) is 0 Å². The van der Waals surface area contributed by atoms with Crippen molar-refractivity contribution in [3.8, 4) is 0 Å². The first-order valence-electron chi connectivity index (χ1n) is 5.57. The Balaban J connectivity index is 2.64. The van der Waals surface area contributed by atoms with Gasteiger partial charge in [0.05, 0.1) is 6.04 Å². The zero-order valence-corrected chi connectivity index (χ0v) is 9.53. The minimum Gasteiger partial charge on any atom is -0.368 e. The van der Waals surface area contributed by atoms with Gasteiger partial charge < -0.3 is 5.73 Å². The maximum absolute atomic E-state index is 11.1. The normalized spacial score (nSPS) is 24.8. The van der Waals surface area contributed by atoms with Crippen molar-refractivity contribution in [1.29, 1.82) is 0 Å². The highest BCUT2D eigenvalue weighted by molar-refractivity contribution is 5.80. The lowest BCUT2D eigenvalue weighted by Crippen LogP contribution is -2.50. The number of hydrogen-bond acceptors (Lipinski definition) is 3. The van der Waals surface area contributed by atoms with Crippen molar-refractivity contribution in [3.63, 3.8) is 0 Å². The molecule has 4 nitrogen and oxygen atoms in total. The van der Waals surface area contributed by atoms with Crippen molar-refractivity contribution in [2.75, 3.05) is 6.54 Å². The topological polar surface area (TPSA) is 63.4 Å². The highest BCUT2D eigenvalue weighted by Crippen LogP contribution is 2.22. The van der Waals surface area contributed by atoms with Crippen LogP contribution in [-0.2, 0) is 9.59 Å². The van der Waals surface area contributed by atoms with Crippen LogP contribution in [0, 0.1) is 0 Å². The minimum atomic E-state index is -0.301. The lowest BCUT2D eigenvalue weighted by molar-refractivity contribution is -0.126. The summed E-state index contributed by atoms with van der Waals surface area (Å²) in [7, 11) is 0. The second kappa shape index (κ2) is 5.26. The maximum atomic E-state index is 11.1. The fraction of sp³-hybridized carbons (Fsp3) is 0.818. The zero-order valence-electron chi connectivity index (χ0n) is 9.53. The summed E-state index contributed by atoms with van der Waals surface area (Å²) >= 11 is 0. The van der Waals surface area contributed by atoms with E-state index in [1.165, 1.54) is 0 Å². The van der Waals surface area contributed by atoms with Crippen molar-refractivity contribution < 1.29 is 9.59 Å². The zero-order chi connectivity index (χ0) is 11.4. The Labute approximate surface area is 90.8 Å². The van der Waals surface area contributed by atoms with Crippen molar-refractivity contribution in [2.24, 2.45) is 5.73 Å². The Kier molecular flexibility index (Phi) is 4.27. The number of primary amides is 1. The molecule has 0 aromatic rings. The van der Waals surface area contributed by atoms with Gasteiger partial charge in [0.15, 0.2) is 0 Å². The quantitative estimate of drug-likeness (QED) is 0.746. The number of amides is 1. The Morgan fingerprint density at radius 3 is 2.67 bits per heavy atom. The van der Waals surface area contributed by atoms with Gasteiger partial charge in [0.25, 0.3) is 0 Å². The second-order valence-corrected chi connectivity index (χ2v) is 4.37. The van der Waals surface area contributed by atoms with Crippen molar-refractivity contribution >= 4 is 11.7 Å². The number of carbonyl (C=O) groups excluding carboxylic acids is 2. The number of likely N-dealkylation sites (tertiary alicyclic amines) is 1. The molecule has 0 aromatic heterocycles. The lowest BCUT2D eigenvalue weighted by atomic mass is 9.96. The van der Waals surface area contributed by atoms with Gasteiger partial charge >= 0.3 is 0 Å². The Hall–Kier alpha value is -0.900. The number of Topliss-reactive ketones (excluding diaryl/α,β-unsaturated/α-hetero) is 1. The molecule has 0 aliphatic carbocycles. The number of rotatable bonds is 4. The molecule has 2 atom stereocenters. The molecule has 15 heavy (non-hydrogen) atoms. The van der Waals surface area contributed by atoms with E-state index in [0.717, 1.165) is 25.8 Å². The summed E-state index contributed by atoms with van der Waals surface area (Å²) in [4.78, 5) is 24.3. The average molecular weight is 212 g/mol. The van der Waals surface area contributed by atoms with Crippen LogP contribution >= 0.6 is 0 Å². The maximum Gasteiger partial charge on any atom is 0.234 e. The molecule has 1 aliphatic heterocycles. The van der Waals surface area contributed by atoms with Crippen molar-refractivity contribution in [3.05, 3.63) is 0 Å². The molecular weight excluding hydrogens is 192 g/mol. The summed E-state index contributed by atoms with van der Waals surface area (Å²) in [5.74, 6) is -0.117. The van der Waals surface area contributed by atoms with Gasteiger partial charge in [0.1, 0.15) is 5.78 Å². The van der Waals surface area contributed by atoms with E-state index in [4.69, 9.17) is 5.73 Å². The molecule has 0 radical (unpaired) electrons. The fourth-order valence-electron chi connectivity index (χ4n) is 2.25. The molecule has 0 bridgehead atoms. The third-order valence-corrected chi connectivity index (χ3v) is 3.10. The summed E-state index contributed by atoms with van der Waals surface area (Å²) in [6, 6.07) is -0.0478. The van der Waals surface area contributed by atoms with E-state index in [1.54, 1.807) is 6.92 Å². The number of carbonyl (C=O) groups is 2. The molecule has 0 spiro atoms. The number of nitrogens with two attached hydrogens (primary N) is 1. The summed E-state index contributed by atoms with van der Waals surface area (Å²) in [6.07, 6.45) is 3.76. The van der Waals surface area contributed by atoms with Crippen LogP contribution in [0.2, 0.25) is 0 Å². The van der Waals surface area contributed by atoms with E-state index in [1.807, 2.05) is 6.92 Å². The van der Waals surface area contributed by atoms with Gasteiger partial charge in [-0.3, -0.25) is 14.5 Å². The molecule has 1 saturated heterocycles. The molecule has 1 aliphatic rings. The largest absolute Gasteiger partial charge is 0.368 e. The smallest absolute Gasteiger partial charge is 0.234 e. The monoisotopic (exact) mass is 212 g/mol. The average Bonchev–Trinajstić information content (AvgIpc) is 2.16. The number of hydrogen-bond donors (Lipinski definition) is 1. The third kappa shape index (κ3) is 3.30. The van der Waals surface area contributed by atoms with Gasteiger partial charge in [-0.15, -0.1) is 0 Å². The van der Waals surface area contributed by atoms with Gasteiger partial charge in [0.2, 0.25) is 5.91 Å². The van der Waals surface area contributed by atoms with E-state index in [9.17, 15) is 9.59 Å². The highest BCUT2D eigenvalue weighted by Gasteiger charge is 2.29. The number of nitrogens with zero attached hydrogens (tertiary/aromatic N) is 1. The Morgan fingerprint density at radius 1 is 1.47 bits per heavy atom. The molecule has 1 amide bonds. The van der Waals surface area contributed by atoms with Gasteiger partial charge in [0, 0.05) is 12.5 Å². The predicted octanol–water partition coefficient (Wildman–Crippen LogP) is 0.694. The summed E-state index contributed by atoms with van der Waals surface area (Å²) in [5, 5.41) is 0. The molecule has 2 unspecified atom stereocenters. The van der Waals surface area contributed by atoms with E-state index >= 15 is 0 Å². The molecule has 2 N–H and O–H groups in total. The van der Waals surface area contributed by atoms with E-state index in [0.29, 0.717) is 6.42 Å². The molecule has 0 aromatic carbocycles. The lowest BCUT2D eigenvalue weighted by Gasteiger charge is -2.38. The molecule has 0 saturated carbocycles. The second-order valence-electron chi connectivity index (χ2n) is 4.37. The molecule has 86 valence electrons. The van der Waals surface area contributed by atoms with Gasteiger partial charge in [-0.05, 0) is 33.2 Å². The first-order valence-corrected chi connectivity index (χ1v) is 5.57. The molecular formula is C11H20N2O2. The SMILES string of the molecule is CC(=O)CC1CCCCN1C(C)C(N)=O.